The van der Waals surface area contributed by atoms with Gasteiger partial charge in [-0.3, -0.25) is 0 Å². The molecule has 0 aliphatic carbocycles. The van der Waals surface area contributed by atoms with Crippen LogP contribution >= 0.6 is 39.3 Å². The van der Waals surface area contributed by atoms with Crippen LogP contribution in [0.3, 0.4) is 0 Å². The summed E-state index contributed by atoms with van der Waals surface area (Å²) in [5, 5.41) is 16.3. The Bertz CT molecular complexity index is 956. The summed E-state index contributed by atoms with van der Waals surface area (Å²) in [4.78, 5) is 0. The third-order valence-corrected chi connectivity index (χ3v) is 6.01. The zero-order valence-corrected chi connectivity index (χ0v) is 19.2. The molecule has 0 saturated carbocycles. The lowest BCUT2D eigenvalue weighted by Crippen LogP contribution is -2.17. The van der Waals surface area contributed by atoms with Crippen LogP contribution in [0.1, 0.15) is 11.1 Å². The second-order valence-electron chi connectivity index (χ2n) is 6.12. The van der Waals surface area contributed by atoms with Gasteiger partial charge in [0.05, 0.1) is 7.11 Å². The lowest BCUT2D eigenvalue weighted by atomic mass is 10.2. The van der Waals surface area contributed by atoms with Crippen LogP contribution in [-0.4, -0.2) is 39.6 Å². The van der Waals surface area contributed by atoms with Gasteiger partial charge in [-0.2, -0.15) is 0 Å². The van der Waals surface area contributed by atoms with Gasteiger partial charge in [-0.05, 0) is 45.8 Å². The Hall–Kier alpha value is -1.81. The highest BCUT2D eigenvalue weighted by molar-refractivity contribution is 9.10. The van der Waals surface area contributed by atoms with Gasteiger partial charge < -0.3 is 14.8 Å². The molecule has 3 rings (SSSR count). The minimum Gasteiger partial charge on any atom is -0.493 e. The maximum absolute atomic E-state index is 6.03. The Morgan fingerprint density at radius 1 is 1.24 bits per heavy atom. The van der Waals surface area contributed by atoms with Gasteiger partial charge in [-0.15, -0.1) is 5.10 Å². The van der Waals surface area contributed by atoms with Crippen LogP contribution in [0.25, 0.3) is 0 Å². The summed E-state index contributed by atoms with van der Waals surface area (Å²) >= 11 is 11.3. The fourth-order valence-electron chi connectivity index (χ4n) is 2.55. The number of benzene rings is 2. The van der Waals surface area contributed by atoms with E-state index in [4.69, 9.17) is 21.1 Å². The largest absolute Gasteiger partial charge is 0.493 e. The first-order valence-electron chi connectivity index (χ1n) is 8.86. The highest BCUT2D eigenvalue weighted by Gasteiger charge is 2.11. The molecular weight excluding hydrogens is 478 g/mol. The van der Waals surface area contributed by atoms with Crippen LogP contribution in [0.4, 0.5) is 0 Å². The summed E-state index contributed by atoms with van der Waals surface area (Å²) in [5.41, 5.74) is 2.08. The maximum atomic E-state index is 6.03. The number of ether oxygens (including phenoxy) is 2. The van der Waals surface area contributed by atoms with Crippen molar-refractivity contribution in [3.8, 4) is 11.5 Å². The molecule has 2 aromatic carbocycles. The number of hydrogen-bond acceptors (Lipinski definition) is 7. The van der Waals surface area contributed by atoms with E-state index in [0.29, 0.717) is 29.7 Å². The number of hydrogen-bond donors (Lipinski definition) is 1. The Morgan fingerprint density at radius 2 is 2.10 bits per heavy atom. The number of halogens is 2. The van der Waals surface area contributed by atoms with E-state index in [-0.39, 0.29) is 0 Å². The van der Waals surface area contributed by atoms with Crippen molar-refractivity contribution >= 4 is 39.3 Å². The SMILES string of the molecule is COc1cc(CNCCSc2nnnn2C)c(Br)cc1OCc1cccc(Cl)c1. The molecule has 29 heavy (non-hydrogen) atoms. The first-order chi connectivity index (χ1) is 14.1. The molecule has 0 saturated heterocycles. The van der Waals surface area contributed by atoms with E-state index in [1.54, 1.807) is 23.6 Å². The molecule has 1 aromatic heterocycles. The number of tetrazole rings is 1. The van der Waals surface area contributed by atoms with Crippen molar-refractivity contribution < 1.29 is 9.47 Å². The predicted octanol–water partition coefficient (Wildman–Crippen LogP) is 4.10. The standard InChI is InChI=1S/C19H21BrClN5O2S/c1-26-19(23-24-25-26)29-7-6-22-11-14-9-17(27-2)18(10-16(14)20)28-12-13-4-3-5-15(21)8-13/h3-5,8-10,22H,6-7,11-12H2,1-2H3. The average molecular weight is 499 g/mol. The predicted molar refractivity (Wildman–Crippen MR) is 118 cm³/mol. The molecular formula is C19H21BrClN5O2S. The maximum Gasteiger partial charge on any atom is 0.209 e. The van der Waals surface area contributed by atoms with Gasteiger partial charge in [0.1, 0.15) is 6.61 Å². The van der Waals surface area contributed by atoms with E-state index >= 15 is 0 Å². The summed E-state index contributed by atoms with van der Waals surface area (Å²) in [6, 6.07) is 11.5. The van der Waals surface area contributed by atoms with Crippen LogP contribution in [0, 0.1) is 0 Å². The fraction of sp³-hybridized carbons (Fsp3) is 0.316. The number of aromatic nitrogens is 4. The molecule has 154 valence electrons. The second-order valence-corrected chi connectivity index (χ2v) is 8.48. The van der Waals surface area contributed by atoms with E-state index in [1.807, 2.05) is 43.4 Å². The third kappa shape index (κ3) is 6.33. The van der Waals surface area contributed by atoms with Gasteiger partial charge >= 0.3 is 0 Å². The van der Waals surface area contributed by atoms with E-state index in [0.717, 1.165) is 33.1 Å². The molecule has 0 radical (unpaired) electrons. The Labute approximate surface area is 187 Å². The smallest absolute Gasteiger partial charge is 0.209 e. The quantitative estimate of drug-likeness (QED) is 0.333. The molecule has 0 unspecified atom stereocenters. The molecule has 3 aromatic rings. The van der Waals surface area contributed by atoms with Crippen molar-refractivity contribution in [3.63, 3.8) is 0 Å². The first-order valence-corrected chi connectivity index (χ1v) is 11.0. The van der Waals surface area contributed by atoms with Crippen molar-refractivity contribution in [3.05, 3.63) is 57.0 Å². The first kappa shape index (κ1) is 21.9. The molecule has 1 N–H and O–H groups in total. The zero-order chi connectivity index (χ0) is 20.6. The monoisotopic (exact) mass is 497 g/mol. The van der Waals surface area contributed by atoms with E-state index in [1.165, 1.54) is 0 Å². The van der Waals surface area contributed by atoms with Gasteiger partial charge in [-0.25, -0.2) is 4.68 Å². The fourth-order valence-corrected chi connectivity index (χ4v) is 3.98. The number of nitrogens with zero attached hydrogens (tertiary/aromatic N) is 4. The van der Waals surface area contributed by atoms with Gasteiger partial charge in [0.2, 0.25) is 5.16 Å². The van der Waals surface area contributed by atoms with E-state index in [2.05, 4.69) is 36.8 Å². The van der Waals surface area contributed by atoms with Crippen LogP contribution in [-0.2, 0) is 20.2 Å². The average Bonchev–Trinajstić information content (AvgIpc) is 3.12. The molecule has 0 spiro atoms. The van der Waals surface area contributed by atoms with Gasteiger partial charge in [0.15, 0.2) is 11.5 Å². The van der Waals surface area contributed by atoms with Crippen molar-refractivity contribution in [1.29, 1.82) is 0 Å². The lowest BCUT2D eigenvalue weighted by molar-refractivity contribution is 0.284. The summed E-state index contributed by atoms with van der Waals surface area (Å²) in [7, 11) is 3.47. The van der Waals surface area contributed by atoms with E-state index < -0.39 is 0 Å². The molecule has 0 aliphatic rings. The lowest BCUT2D eigenvalue weighted by Gasteiger charge is -2.14. The third-order valence-electron chi connectivity index (χ3n) is 4.02. The van der Waals surface area contributed by atoms with Crippen LogP contribution in [0.15, 0.2) is 46.0 Å². The molecule has 0 bridgehead atoms. The number of aryl methyl sites for hydroxylation is 1. The zero-order valence-electron chi connectivity index (χ0n) is 16.1. The van der Waals surface area contributed by atoms with Crippen molar-refractivity contribution in [2.45, 2.75) is 18.3 Å². The molecule has 0 aliphatic heterocycles. The summed E-state index contributed by atoms with van der Waals surface area (Å²) in [6.45, 7) is 1.93. The van der Waals surface area contributed by atoms with Crippen molar-refractivity contribution in [1.82, 2.24) is 25.5 Å². The topological polar surface area (TPSA) is 74.1 Å². The molecule has 10 heteroatoms. The van der Waals surface area contributed by atoms with Crippen molar-refractivity contribution in [2.75, 3.05) is 19.4 Å². The normalized spacial score (nSPS) is 10.9. The highest BCUT2D eigenvalue weighted by Crippen LogP contribution is 2.34. The van der Waals surface area contributed by atoms with Crippen LogP contribution in [0.2, 0.25) is 5.02 Å². The highest BCUT2D eigenvalue weighted by atomic mass is 79.9. The summed E-state index contributed by atoms with van der Waals surface area (Å²) < 4.78 is 14.1. The van der Waals surface area contributed by atoms with Crippen molar-refractivity contribution in [2.24, 2.45) is 7.05 Å². The van der Waals surface area contributed by atoms with Crippen LogP contribution in [0.5, 0.6) is 11.5 Å². The summed E-state index contributed by atoms with van der Waals surface area (Å²) in [5.74, 6) is 2.23. The molecule has 1 heterocycles. The number of rotatable bonds is 10. The molecule has 0 fully saturated rings. The molecule has 0 atom stereocenters. The van der Waals surface area contributed by atoms with E-state index in [9.17, 15) is 0 Å². The Balaban J connectivity index is 1.54. The second kappa shape index (κ2) is 10.8. The number of thioether (sulfide) groups is 1. The number of methoxy groups -OCH3 is 1. The van der Waals surface area contributed by atoms with Gasteiger partial charge in [0, 0.05) is 35.4 Å². The summed E-state index contributed by atoms with van der Waals surface area (Å²) in [6.07, 6.45) is 0. The Morgan fingerprint density at radius 3 is 2.83 bits per heavy atom. The van der Waals surface area contributed by atoms with Gasteiger partial charge in [0.25, 0.3) is 0 Å². The number of nitrogens with one attached hydrogen (secondary N) is 1. The van der Waals surface area contributed by atoms with Gasteiger partial charge in [-0.1, -0.05) is 51.4 Å². The molecule has 7 nitrogen and oxygen atoms in total. The Kier molecular flexibility index (Phi) is 8.17. The molecule has 0 amide bonds. The minimum absolute atomic E-state index is 0.412. The minimum atomic E-state index is 0.412. The van der Waals surface area contributed by atoms with Crippen LogP contribution < -0.4 is 14.8 Å².